The van der Waals surface area contributed by atoms with Crippen LogP contribution in [0.2, 0.25) is 5.02 Å². The molecule has 0 amide bonds. The number of aromatic amines is 2. The molecule has 3 rings (SSSR count). The molecular formula is C14H10ClN3O. The number of allylic oxidation sites excluding steroid dienone is 1. The molecule has 2 aromatic heterocycles. The van der Waals surface area contributed by atoms with Crippen molar-refractivity contribution in [3.8, 4) is 0 Å². The third-order valence-corrected chi connectivity index (χ3v) is 3.06. The highest BCUT2D eigenvalue weighted by Gasteiger charge is 2.09. The number of rotatable bonds is 3. The van der Waals surface area contributed by atoms with E-state index in [1.165, 1.54) is 6.08 Å². The number of imidazole rings is 1. The Morgan fingerprint density at radius 3 is 3.00 bits per heavy atom. The van der Waals surface area contributed by atoms with E-state index < -0.39 is 0 Å². The van der Waals surface area contributed by atoms with Crippen LogP contribution in [0.5, 0.6) is 0 Å². The minimum Gasteiger partial charge on any atom is -0.360 e. The average Bonchev–Trinajstić information content (AvgIpc) is 3.04. The number of ketones is 1. The number of aromatic nitrogens is 3. The summed E-state index contributed by atoms with van der Waals surface area (Å²) in [7, 11) is 0. The summed E-state index contributed by atoms with van der Waals surface area (Å²) in [6, 6.07) is 5.40. The second-order valence-corrected chi connectivity index (χ2v) is 4.50. The third-order valence-electron chi connectivity index (χ3n) is 2.82. The predicted molar refractivity (Wildman–Crippen MR) is 75.3 cm³/mol. The van der Waals surface area contributed by atoms with Gasteiger partial charge in [0.15, 0.2) is 5.78 Å². The molecule has 0 saturated heterocycles. The van der Waals surface area contributed by atoms with Crippen LogP contribution in [0.15, 0.2) is 42.9 Å². The van der Waals surface area contributed by atoms with Crippen LogP contribution >= 0.6 is 11.6 Å². The Kier molecular flexibility index (Phi) is 2.93. The van der Waals surface area contributed by atoms with Crippen molar-refractivity contribution < 1.29 is 4.79 Å². The molecule has 2 N–H and O–H groups in total. The Hall–Kier alpha value is -2.33. The quantitative estimate of drug-likeness (QED) is 0.566. The number of hydrogen-bond donors (Lipinski definition) is 2. The first-order chi connectivity index (χ1) is 9.24. The fraction of sp³-hybridized carbons (Fsp3) is 0. The summed E-state index contributed by atoms with van der Waals surface area (Å²) < 4.78 is 0. The van der Waals surface area contributed by atoms with Crippen LogP contribution in [0.25, 0.3) is 17.0 Å². The smallest absolute Gasteiger partial charge is 0.188 e. The molecule has 5 heteroatoms. The largest absolute Gasteiger partial charge is 0.360 e. The fourth-order valence-corrected chi connectivity index (χ4v) is 2.09. The molecule has 2 heterocycles. The maximum Gasteiger partial charge on any atom is 0.188 e. The first-order valence-electron chi connectivity index (χ1n) is 5.72. The van der Waals surface area contributed by atoms with Gasteiger partial charge in [0, 0.05) is 40.1 Å². The zero-order chi connectivity index (χ0) is 13.2. The van der Waals surface area contributed by atoms with E-state index >= 15 is 0 Å². The van der Waals surface area contributed by atoms with Crippen LogP contribution in [0.1, 0.15) is 16.2 Å². The van der Waals surface area contributed by atoms with E-state index in [4.69, 9.17) is 11.6 Å². The maximum atomic E-state index is 12.1. The van der Waals surface area contributed by atoms with Crippen LogP contribution in [-0.4, -0.2) is 20.7 Å². The van der Waals surface area contributed by atoms with Crippen molar-refractivity contribution in [3.05, 3.63) is 59.3 Å². The SMILES string of the molecule is O=C(C=Cc1ncc[nH]1)c1c[nH]c2cc(Cl)ccc12. The van der Waals surface area contributed by atoms with Crippen molar-refractivity contribution in [2.75, 3.05) is 0 Å². The van der Waals surface area contributed by atoms with E-state index in [-0.39, 0.29) is 5.78 Å². The number of hydrogen-bond acceptors (Lipinski definition) is 2. The Morgan fingerprint density at radius 2 is 2.21 bits per heavy atom. The molecule has 1 aromatic carbocycles. The molecule has 0 atom stereocenters. The van der Waals surface area contributed by atoms with Gasteiger partial charge in [0.1, 0.15) is 5.82 Å². The predicted octanol–water partition coefficient (Wildman–Crippen LogP) is 3.44. The molecule has 0 saturated carbocycles. The number of benzene rings is 1. The van der Waals surface area contributed by atoms with Gasteiger partial charge < -0.3 is 9.97 Å². The normalized spacial score (nSPS) is 11.4. The Bertz CT molecular complexity index is 756. The molecule has 0 bridgehead atoms. The van der Waals surface area contributed by atoms with E-state index in [0.29, 0.717) is 16.4 Å². The topological polar surface area (TPSA) is 61.5 Å². The number of carbonyl (C=O) groups excluding carboxylic acids is 1. The Balaban J connectivity index is 1.94. The summed E-state index contributed by atoms with van der Waals surface area (Å²) in [6.07, 6.45) is 8.18. The number of fused-ring (bicyclic) bond motifs is 1. The molecule has 0 aliphatic heterocycles. The standard InChI is InChI=1S/C14H10ClN3O/c15-9-1-2-10-11(8-18-12(10)7-9)13(19)3-4-14-16-5-6-17-14/h1-8,18H,(H,16,17). The van der Waals surface area contributed by atoms with Crippen LogP contribution in [-0.2, 0) is 0 Å². The highest BCUT2D eigenvalue weighted by Crippen LogP contribution is 2.22. The lowest BCUT2D eigenvalue weighted by molar-refractivity contribution is 0.104. The van der Waals surface area contributed by atoms with Crippen LogP contribution in [0.4, 0.5) is 0 Å². The second kappa shape index (κ2) is 4.74. The number of H-pyrrole nitrogens is 2. The molecule has 4 nitrogen and oxygen atoms in total. The minimum absolute atomic E-state index is 0.0787. The van der Waals surface area contributed by atoms with Gasteiger partial charge in [0.2, 0.25) is 0 Å². The van der Waals surface area contributed by atoms with Gasteiger partial charge in [-0.3, -0.25) is 4.79 Å². The highest BCUT2D eigenvalue weighted by molar-refractivity contribution is 6.31. The average molecular weight is 272 g/mol. The lowest BCUT2D eigenvalue weighted by Gasteiger charge is -1.94. The Labute approximate surface area is 114 Å². The molecule has 0 fully saturated rings. The molecule has 94 valence electrons. The summed E-state index contributed by atoms with van der Waals surface area (Å²) in [5.41, 5.74) is 1.47. The number of nitrogens with one attached hydrogen (secondary N) is 2. The number of halogens is 1. The molecule has 0 aliphatic carbocycles. The zero-order valence-corrected chi connectivity index (χ0v) is 10.6. The van der Waals surface area contributed by atoms with Crippen LogP contribution < -0.4 is 0 Å². The van der Waals surface area contributed by atoms with E-state index in [9.17, 15) is 4.79 Å². The zero-order valence-electron chi connectivity index (χ0n) is 9.85. The molecule has 0 spiro atoms. The molecule has 0 radical (unpaired) electrons. The third kappa shape index (κ3) is 2.30. The van der Waals surface area contributed by atoms with Crippen LogP contribution in [0.3, 0.4) is 0 Å². The number of nitrogens with zero attached hydrogens (tertiary/aromatic N) is 1. The molecule has 3 aromatic rings. The summed E-state index contributed by atoms with van der Waals surface area (Å²) in [5, 5.41) is 1.50. The van der Waals surface area contributed by atoms with Gasteiger partial charge in [-0.25, -0.2) is 4.98 Å². The lowest BCUT2D eigenvalue weighted by atomic mass is 10.1. The minimum atomic E-state index is -0.0787. The summed E-state index contributed by atoms with van der Waals surface area (Å²) in [6.45, 7) is 0. The molecular weight excluding hydrogens is 262 g/mol. The van der Waals surface area contributed by atoms with Gasteiger partial charge >= 0.3 is 0 Å². The maximum absolute atomic E-state index is 12.1. The highest BCUT2D eigenvalue weighted by atomic mass is 35.5. The van der Waals surface area contributed by atoms with Gasteiger partial charge in [-0.2, -0.15) is 0 Å². The number of carbonyl (C=O) groups is 1. The molecule has 19 heavy (non-hydrogen) atoms. The lowest BCUT2D eigenvalue weighted by Crippen LogP contribution is -1.92. The summed E-state index contributed by atoms with van der Waals surface area (Å²) >= 11 is 5.90. The summed E-state index contributed by atoms with van der Waals surface area (Å²) in [5.74, 6) is 0.571. The van der Waals surface area contributed by atoms with Crippen LogP contribution in [0, 0.1) is 0 Å². The van der Waals surface area contributed by atoms with Gasteiger partial charge in [-0.05, 0) is 24.3 Å². The van der Waals surface area contributed by atoms with Crippen molar-refractivity contribution in [3.63, 3.8) is 0 Å². The van der Waals surface area contributed by atoms with Gasteiger partial charge in [0.25, 0.3) is 0 Å². The van der Waals surface area contributed by atoms with Crippen molar-refractivity contribution in [2.24, 2.45) is 0 Å². The van der Waals surface area contributed by atoms with E-state index in [1.54, 1.807) is 36.8 Å². The van der Waals surface area contributed by atoms with Crippen molar-refractivity contribution in [1.29, 1.82) is 0 Å². The summed E-state index contributed by atoms with van der Waals surface area (Å²) in [4.78, 5) is 22.1. The van der Waals surface area contributed by atoms with Crippen molar-refractivity contribution >= 4 is 34.4 Å². The van der Waals surface area contributed by atoms with Gasteiger partial charge in [-0.1, -0.05) is 17.7 Å². The van der Waals surface area contributed by atoms with Gasteiger partial charge in [-0.15, -0.1) is 0 Å². The van der Waals surface area contributed by atoms with Crippen molar-refractivity contribution in [2.45, 2.75) is 0 Å². The van der Waals surface area contributed by atoms with E-state index in [0.717, 1.165) is 10.9 Å². The van der Waals surface area contributed by atoms with Crippen molar-refractivity contribution in [1.82, 2.24) is 15.0 Å². The van der Waals surface area contributed by atoms with Gasteiger partial charge in [0.05, 0.1) is 0 Å². The monoisotopic (exact) mass is 271 g/mol. The first-order valence-corrected chi connectivity index (χ1v) is 6.10. The fourth-order valence-electron chi connectivity index (χ4n) is 1.92. The first kappa shape index (κ1) is 11.7. The van der Waals surface area contributed by atoms with E-state index in [2.05, 4.69) is 15.0 Å². The second-order valence-electron chi connectivity index (χ2n) is 4.06. The molecule has 0 unspecified atom stereocenters. The molecule has 0 aliphatic rings. The Morgan fingerprint density at radius 1 is 1.32 bits per heavy atom. The van der Waals surface area contributed by atoms with E-state index in [1.807, 2.05) is 6.07 Å².